The molecule has 2 N–H and O–H groups in total. The van der Waals surface area contributed by atoms with E-state index in [4.69, 9.17) is 20.9 Å². The van der Waals surface area contributed by atoms with E-state index in [9.17, 15) is 9.50 Å². The van der Waals surface area contributed by atoms with Gasteiger partial charge in [0.05, 0.1) is 11.2 Å². The molecule has 1 saturated heterocycles. The van der Waals surface area contributed by atoms with Crippen LogP contribution in [0.4, 0.5) is 4.39 Å². The van der Waals surface area contributed by atoms with Crippen molar-refractivity contribution >= 4 is 24.8 Å². The lowest BCUT2D eigenvalue weighted by molar-refractivity contribution is 0.00578. The van der Waals surface area contributed by atoms with Crippen molar-refractivity contribution < 1.29 is 18.8 Å². The zero-order valence-electron chi connectivity index (χ0n) is 14.0. The molecule has 0 spiro atoms. The van der Waals surface area contributed by atoms with Gasteiger partial charge >= 0.3 is 7.12 Å². The molecule has 0 aliphatic carbocycles. The Hall–Kier alpha value is -1.08. The highest BCUT2D eigenvalue weighted by Crippen LogP contribution is 2.39. The maximum absolute atomic E-state index is 13.7. The predicted octanol–water partition coefficient (Wildman–Crippen LogP) is 3.42. The lowest BCUT2D eigenvalue weighted by atomic mass is 9.77. The molecular weight excluding hydrogens is 319 g/mol. The summed E-state index contributed by atoms with van der Waals surface area (Å²) in [4.78, 5) is 0. The fraction of sp³-hybridized carbons (Fsp3) is 0.500. The fourth-order valence-electron chi connectivity index (χ4n) is 2.30. The van der Waals surface area contributed by atoms with Crippen molar-refractivity contribution in [2.75, 3.05) is 13.6 Å². The van der Waals surface area contributed by atoms with Crippen molar-refractivity contribution in [3.63, 3.8) is 0 Å². The maximum atomic E-state index is 13.7. The molecule has 0 amide bonds. The third-order valence-corrected chi connectivity index (χ3v) is 4.55. The molecule has 1 aromatic rings. The molecule has 0 atom stereocenters. The Morgan fingerprint density at radius 2 is 1.87 bits per heavy atom. The Bertz CT molecular complexity index is 618. The minimum atomic E-state index is -0.763. The summed E-state index contributed by atoms with van der Waals surface area (Å²) in [5.41, 5.74) is 0.0659. The van der Waals surface area contributed by atoms with Gasteiger partial charge in [-0.3, -0.25) is 0 Å². The Labute approximate surface area is 141 Å². The van der Waals surface area contributed by atoms with Gasteiger partial charge in [0.2, 0.25) is 0 Å². The van der Waals surface area contributed by atoms with E-state index in [1.54, 1.807) is 13.1 Å². The van der Waals surface area contributed by atoms with Crippen LogP contribution in [0.2, 0.25) is 5.02 Å². The zero-order chi connectivity index (χ0) is 17.4. The van der Waals surface area contributed by atoms with E-state index in [-0.39, 0.29) is 10.6 Å². The van der Waals surface area contributed by atoms with Gasteiger partial charge in [-0.05, 0) is 52.3 Å². The number of nitrogens with one attached hydrogen (secondary N) is 1. The van der Waals surface area contributed by atoms with Gasteiger partial charge in [-0.1, -0.05) is 17.7 Å². The fourth-order valence-corrected chi connectivity index (χ4v) is 2.51. The van der Waals surface area contributed by atoms with Crippen LogP contribution < -0.4 is 5.32 Å². The van der Waals surface area contributed by atoms with Crippen molar-refractivity contribution in [3.8, 4) is 5.75 Å². The van der Waals surface area contributed by atoms with E-state index in [1.165, 1.54) is 6.07 Å². The van der Waals surface area contributed by atoms with Gasteiger partial charge in [0.15, 0.2) is 11.6 Å². The zero-order valence-corrected chi connectivity index (χ0v) is 14.8. The lowest BCUT2D eigenvalue weighted by Gasteiger charge is -2.32. The minimum Gasteiger partial charge on any atom is -0.504 e. The minimum absolute atomic E-state index is 0.212. The molecule has 1 fully saturated rings. The molecule has 1 heterocycles. The topological polar surface area (TPSA) is 50.7 Å². The average molecular weight is 342 g/mol. The Morgan fingerprint density at radius 3 is 2.39 bits per heavy atom. The van der Waals surface area contributed by atoms with Crippen molar-refractivity contribution in [1.82, 2.24) is 5.32 Å². The molecule has 2 rings (SSSR count). The molecular formula is C16H22BClFNO3. The van der Waals surface area contributed by atoms with Crippen molar-refractivity contribution in [2.24, 2.45) is 0 Å². The first-order valence-electron chi connectivity index (χ1n) is 7.46. The summed E-state index contributed by atoms with van der Waals surface area (Å²) in [6.07, 6.45) is 1.64. The average Bonchev–Trinajstić information content (AvgIpc) is 2.63. The standard InChI is InChI=1S/C16H22BClFNO3/c1-15(2)16(3,4)23-17(22-15)11(9-20-5)6-10-7-12(18)8-13(19)14(10)21/h6-8,20-21H,9H2,1-5H3. The molecule has 23 heavy (non-hydrogen) atoms. The molecule has 0 radical (unpaired) electrons. The molecule has 1 aromatic carbocycles. The third-order valence-electron chi connectivity index (χ3n) is 4.34. The monoisotopic (exact) mass is 341 g/mol. The van der Waals surface area contributed by atoms with Gasteiger partial charge in [-0.25, -0.2) is 4.39 Å². The second-order valence-electron chi connectivity index (χ2n) is 6.66. The number of rotatable bonds is 4. The van der Waals surface area contributed by atoms with Crippen LogP contribution in [0.1, 0.15) is 33.3 Å². The normalized spacial score (nSPS) is 20.1. The van der Waals surface area contributed by atoms with Gasteiger partial charge in [0.1, 0.15) is 0 Å². The van der Waals surface area contributed by atoms with Gasteiger partial charge in [-0.2, -0.15) is 0 Å². The third kappa shape index (κ3) is 3.71. The van der Waals surface area contributed by atoms with E-state index < -0.39 is 29.9 Å². The number of benzene rings is 1. The number of likely N-dealkylation sites (N-methyl/N-ethyl adjacent to an activating group) is 1. The number of phenols is 1. The van der Waals surface area contributed by atoms with Gasteiger partial charge in [0.25, 0.3) is 0 Å². The second-order valence-corrected chi connectivity index (χ2v) is 7.10. The number of halogens is 2. The van der Waals surface area contributed by atoms with E-state index in [0.29, 0.717) is 6.54 Å². The maximum Gasteiger partial charge on any atom is 0.491 e. The van der Waals surface area contributed by atoms with Gasteiger partial charge < -0.3 is 19.7 Å². The molecule has 0 bridgehead atoms. The summed E-state index contributed by atoms with van der Waals surface area (Å²) in [6.45, 7) is 8.30. The van der Waals surface area contributed by atoms with Crippen LogP contribution in [-0.2, 0) is 9.31 Å². The quantitative estimate of drug-likeness (QED) is 0.824. The van der Waals surface area contributed by atoms with Crippen LogP contribution in [-0.4, -0.2) is 37.0 Å². The molecule has 1 aliphatic heterocycles. The van der Waals surface area contributed by atoms with Crippen molar-refractivity contribution in [3.05, 3.63) is 34.0 Å². The second kappa shape index (κ2) is 6.44. The van der Waals surface area contributed by atoms with Crippen LogP contribution in [0, 0.1) is 5.82 Å². The number of aromatic hydroxyl groups is 1. The van der Waals surface area contributed by atoms with E-state index in [0.717, 1.165) is 11.5 Å². The van der Waals surface area contributed by atoms with Crippen molar-refractivity contribution in [1.29, 1.82) is 0 Å². The van der Waals surface area contributed by atoms with Gasteiger partial charge in [0, 0.05) is 17.1 Å². The Kier molecular flexibility index (Phi) is 5.11. The summed E-state index contributed by atoms with van der Waals surface area (Å²) >= 11 is 5.87. The molecule has 4 nitrogen and oxygen atoms in total. The molecule has 0 aromatic heterocycles. The molecule has 0 saturated carbocycles. The highest BCUT2D eigenvalue weighted by Gasteiger charge is 2.52. The summed E-state index contributed by atoms with van der Waals surface area (Å²) in [7, 11) is 1.20. The lowest BCUT2D eigenvalue weighted by Crippen LogP contribution is -2.41. The van der Waals surface area contributed by atoms with E-state index in [1.807, 2.05) is 27.7 Å². The Balaban J connectivity index is 2.40. The SMILES string of the molecule is CNCC(=Cc1cc(Cl)cc(F)c1O)B1OC(C)(C)C(C)(C)O1. The van der Waals surface area contributed by atoms with E-state index >= 15 is 0 Å². The molecule has 0 unspecified atom stereocenters. The highest BCUT2D eigenvalue weighted by molar-refractivity contribution is 6.56. The smallest absolute Gasteiger partial charge is 0.491 e. The highest BCUT2D eigenvalue weighted by atomic mass is 35.5. The van der Waals surface area contributed by atoms with Crippen LogP contribution >= 0.6 is 11.6 Å². The number of hydrogen-bond donors (Lipinski definition) is 2. The summed E-state index contributed by atoms with van der Waals surface area (Å²) in [5, 5.41) is 13.2. The molecule has 1 aliphatic rings. The molecule has 126 valence electrons. The first kappa shape index (κ1) is 18.3. The van der Waals surface area contributed by atoms with Crippen LogP contribution in [0.3, 0.4) is 0 Å². The largest absolute Gasteiger partial charge is 0.504 e. The van der Waals surface area contributed by atoms with Crippen LogP contribution in [0.15, 0.2) is 17.6 Å². The number of hydrogen-bond acceptors (Lipinski definition) is 4. The Morgan fingerprint density at radius 1 is 1.30 bits per heavy atom. The number of phenolic OH excluding ortho intramolecular Hbond substituents is 1. The van der Waals surface area contributed by atoms with Crippen LogP contribution in [0.25, 0.3) is 6.08 Å². The van der Waals surface area contributed by atoms with Crippen LogP contribution in [0.5, 0.6) is 5.75 Å². The van der Waals surface area contributed by atoms with Gasteiger partial charge in [-0.15, -0.1) is 0 Å². The summed E-state index contributed by atoms with van der Waals surface area (Å²) in [5.74, 6) is -1.21. The first-order chi connectivity index (χ1) is 10.6. The first-order valence-corrected chi connectivity index (χ1v) is 7.84. The predicted molar refractivity (Wildman–Crippen MR) is 91.1 cm³/mol. The van der Waals surface area contributed by atoms with E-state index in [2.05, 4.69) is 5.32 Å². The van der Waals surface area contributed by atoms with Crippen molar-refractivity contribution in [2.45, 2.75) is 38.9 Å². The molecule has 7 heteroatoms. The summed E-state index contributed by atoms with van der Waals surface area (Å²) in [6, 6.07) is 2.57. The summed E-state index contributed by atoms with van der Waals surface area (Å²) < 4.78 is 25.7.